The first-order chi connectivity index (χ1) is 9.28. The van der Waals surface area contributed by atoms with Crippen molar-refractivity contribution in [2.24, 2.45) is 0 Å². The first-order valence-corrected chi connectivity index (χ1v) is 6.41. The second kappa shape index (κ2) is 6.06. The molecule has 0 saturated heterocycles. The number of ether oxygens (including phenoxy) is 1. The highest BCUT2D eigenvalue weighted by molar-refractivity contribution is 5.66. The van der Waals surface area contributed by atoms with Gasteiger partial charge >= 0.3 is 0 Å². The second-order valence-electron chi connectivity index (χ2n) is 4.42. The summed E-state index contributed by atoms with van der Waals surface area (Å²) in [5.41, 5.74) is 4.56. The van der Waals surface area contributed by atoms with E-state index in [0.29, 0.717) is 6.42 Å². The third-order valence-corrected chi connectivity index (χ3v) is 3.22. The molecule has 2 rings (SSSR count). The van der Waals surface area contributed by atoms with Crippen LogP contribution in [0.15, 0.2) is 42.5 Å². The van der Waals surface area contributed by atoms with Crippen LogP contribution in [0.2, 0.25) is 0 Å². The first kappa shape index (κ1) is 13.2. The van der Waals surface area contributed by atoms with E-state index in [4.69, 9.17) is 10.00 Å². The van der Waals surface area contributed by atoms with Crippen molar-refractivity contribution in [2.75, 3.05) is 7.11 Å². The lowest BCUT2D eigenvalue weighted by Gasteiger charge is -2.09. The molecule has 0 radical (unpaired) electrons. The van der Waals surface area contributed by atoms with Crippen molar-refractivity contribution in [3.8, 4) is 22.9 Å². The van der Waals surface area contributed by atoms with Crippen LogP contribution < -0.4 is 4.74 Å². The summed E-state index contributed by atoms with van der Waals surface area (Å²) in [6.07, 6.45) is 1.39. The van der Waals surface area contributed by atoms with Crippen molar-refractivity contribution in [2.45, 2.75) is 19.8 Å². The van der Waals surface area contributed by atoms with Crippen molar-refractivity contribution in [1.82, 2.24) is 0 Å². The number of rotatable bonds is 4. The molecule has 0 aliphatic heterocycles. The molecule has 2 heteroatoms. The number of nitriles is 1. The van der Waals surface area contributed by atoms with E-state index in [1.807, 2.05) is 18.2 Å². The summed E-state index contributed by atoms with van der Waals surface area (Å²) in [5, 5.41) is 8.88. The van der Waals surface area contributed by atoms with Crippen LogP contribution in [-0.2, 0) is 12.8 Å². The van der Waals surface area contributed by atoms with Gasteiger partial charge in [-0.2, -0.15) is 5.26 Å². The standard InChI is InChI=1S/C17H17NO/c1-3-13-5-4-6-14(11-13)15-7-8-17(19-2)16(12-15)9-10-18/h4-8,11-12H,3,9H2,1-2H3. The molecule has 2 nitrogen and oxygen atoms in total. The largest absolute Gasteiger partial charge is 0.496 e. The molecule has 0 amide bonds. The number of hydrogen-bond acceptors (Lipinski definition) is 2. The maximum atomic E-state index is 8.88. The minimum Gasteiger partial charge on any atom is -0.496 e. The number of nitrogens with zero attached hydrogens (tertiary/aromatic N) is 1. The van der Waals surface area contributed by atoms with Gasteiger partial charge in [0.05, 0.1) is 19.6 Å². The summed E-state index contributed by atoms with van der Waals surface area (Å²) in [6.45, 7) is 2.15. The van der Waals surface area contributed by atoms with E-state index in [-0.39, 0.29) is 0 Å². The van der Waals surface area contributed by atoms with Gasteiger partial charge in [0.1, 0.15) is 5.75 Å². The van der Waals surface area contributed by atoms with Gasteiger partial charge in [-0.05, 0) is 35.2 Å². The minimum absolute atomic E-state index is 0.366. The molecule has 0 N–H and O–H groups in total. The van der Waals surface area contributed by atoms with Gasteiger partial charge in [-0.1, -0.05) is 37.3 Å². The summed E-state index contributed by atoms with van der Waals surface area (Å²) < 4.78 is 5.28. The molecule has 0 spiro atoms. The van der Waals surface area contributed by atoms with E-state index in [1.165, 1.54) is 11.1 Å². The van der Waals surface area contributed by atoms with Gasteiger partial charge in [-0.15, -0.1) is 0 Å². The molecular weight excluding hydrogens is 234 g/mol. The summed E-state index contributed by atoms with van der Waals surface area (Å²) in [5.74, 6) is 0.775. The average Bonchev–Trinajstić information content (AvgIpc) is 2.47. The maximum Gasteiger partial charge on any atom is 0.123 e. The Morgan fingerprint density at radius 1 is 1.11 bits per heavy atom. The van der Waals surface area contributed by atoms with Gasteiger partial charge in [0.2, 0.25) is 0 Å². The average molecular weight is 251 g/mol. The Morgan fingerprint density at radius 3 is 2.58 bits per heavy atom. The zero-order valence-corrected chi connectivity index (χ0v) is 11.3. The summed E-state index contributed by atoms with van der Waals surface area (Å²) in [6, 6.07) is 16.7. The summed E-state index contributed by atoms with van der Waals surface area (Å²) in [7, 11) is 1.63. The molecule has 0 aliphatic carbocycles. The minimum atomic E-state index is 0.366. The monoisotopic (exact) mass is 251 g/mol. The van der Waals surface area contributed by atoms with E-state index in [2.05, 4.69) is 37.3 Å². The molecule has 96 valence electrons. The smallest absolute Gasteiger partial charge is 0.123 e. The van der Waals surface area contributed by atoms with Crippen LogP contribution in [-0.4, -0.2) is 7.11 Å². The molecule has 0 atom stereocenters. The number of aryl methyl sites for hydroxylation is 1. The van der Waals surface area contributed by atoms with Crippen LogP contribution in [0.5, 0.6) is 5.75 Å². The maximum absolute atomic E-state index is 8.88. The van der Waals surface area contributed by atoms with Gasteiger partial charge in [0.25, 0.3) is 0 Å². The lowest BCUT2D eigenvalue weighted by atomic mass is 9.99. The topological polar surface area (TPSA) is 33.0 Å². The lowest BCUT2D eigenvalue weighted by molar-refractivity contribution is 0.411. The predicted octanol–water partition coefficient (Wildman–Crippen LogP) is 3.99. The van der Waals surface area contributed by atoms with Crippen LogP contribution >= 0.6 is 0 Å². The Labute approximate surface area is 114 Å². The molecule has 0 bridgehead atoms. The highest BCUT2D eigenvalue weighted by Crippen LogP contribution is 2.27. The molecule has 19 heavy (non-hydrogen) atoms. The van der Waals surface area contributed by atoms with E-state index in [0.717, 1.165) is 23.3 Å². The van der Waals surface area contributed by atoms with Crippen molar-refractivity contribution in [3.63, 3.8) is 0 Å². The fraction of sp³-hybridized carbons (Fsp3) is 0.235. The zero-order chi connectivity index (χ0) is 13.7. The van der Waals surface area contributed by atoms with Crippen LogP contribution in [0.3, 0.4) is 0 Å². The van der Waals surface area contributed by atoms with Crippen LogP contribution in [0.25, 0.3) is 11.1 Å². The second-order valence-corrected chi connectivity index (χ2v) is 4.42. The van der Waals surface area contributed by atoms with Gasteiger partial charge in [-0.25, -0.2) is 0 Å². The van der Waals surface area contributed by atoms with E-state index >= 15 is 0 Å². The van der Waals surface area contributed by atoms with Gasteiger partial charge in [0, 0.05) is 5.56 Å². The number of benzene rings is 2. The van der Waals surface area contributed by atoms with E-state index < -0.39 is 0 Å². The molecule has 0 unspecified atom stereocenters. The molecule has 0 aromatic heterocycles. The molecule has 2 aromatic carbocycles. The molecule has 2 aromatic rings. The van der Waals surface area contributed by atoms with Crippen molar-refractivity contribution in [3.05, 3.63) is 53.6 Å². The summed E-state index contributed by atoms with van der Waals surface area (Å²) >= 11 is 0. The van der Waals surface area contributed by atoms with Gasteiger partial charge < -0.3 is 4.74 Å². The molecule has 0 fully saturated rings. The third-order valence-electron chi connectivity index (χ3n) is 3.22. The fourth-order valence-corrected chi connectivity index (χ4v) is 2.15. The Hall–Kier alpha value is -2.27. The predicted molar refractivity (Wildman–Crippen MR) is 77.1 cm³/mol. The fourth-order valence-electron chi connectivity index (χ4n) is 2.15. The lowest BCUT2D eigenvalue weighted by Crippen LogP contribution is -1.92. The number of methoxy groups -OCH3 is 1. The normalized spacial score (nSPS) is 9.95. The van der Waals surface area contributed by atoms with E-state index in [1.54, 1.807) is 7.11 Å². The molecule has 0 heterocycles. The Morgan fingerprint density at radius 2 is 1.89 bits per heavy atom. The SMILES string of the molecule is CCc1cccc(-c2ccc(OC)c(CC#N)c2)c1. The van der Waals surface area contributed by atoms with Crippen molar-refractivity contribution in [1.29, 1.82) is 5.26 Å². The van der Waals surface area contributed by atoms with Gasteiger partial charge in [-0.3, -0.25) is 0 Å². The first-order valence-electron chi connectivity index (χ1n) is 6.41. The van der Waals surface area contributed by atoms with Gasteiger partial charge in [0.15, 0.2) is 0 Å². The highest BCUT2D eigenvalue weighted by Gasteiger charge is 2.06. The molecular formula is C17H17NO. The Kier molecular flexibility index (Phi) is 4.20. The summed E-state index contributed by atoms with van der Waals surface area (Å²) in [4.78, 5) is 0. The van der Waals surface area contributed by atoms with Crippen molar-refractivity contribution < 1.29 is 4.74 Å². The van der Waals surface area contributed by atoms with Crippen LogP contribution in [0.1, 0.15) is 18.1 Å². The number of hydrogen-bond donors (Lipinski definition) is 0. The molecule has 0 aliphatic rings. The van der Waals surface area contributed by atoms with Crippen molar-refractivity contribution >= 4 is 0 Å². The van der Waals surface area contributed by atoms with E-state index in [9.17, 15) is 0 Å². The van der Waals surface area contributed by atoms with Crippen LogP contribution in [0.4, 0.5) is 0 Å². The molecule has 0 saturated carbocycles. The quantitative estimate of drug-likeness (QED) is 0.823. The Bertz CT molecular complexity index is 611. The third kappa shape index (κ3) is 2.95. The highest BCUT2D eigenvalue weighted by atomic mass is 16.5. The Balaban J connectivity index is 2.44. The van der Waals surface area contributed by atoms with Crippen LogP contribution in [0, 0.1) is 11.3 Å². The zero-order valence-electron chi connectivity index (χ0n) is 11.3.